The number of nitrogens with zero attached hydrogens (tertiary/aromatic N) is 3. The first kappa shape index (κ1) is 18.2. The summed E-state index contributed by atoms with van der Waals surface area (Å²) in [4.78, 5) is 2.34. The lowest BCUT2D eigenvalue weighted by Gasteiger charge is -2.35. The Kier molecular flexibility index (Phi) is 4.76. The van der Waals surface area contributed by atoms with Gasteiger partial charge in [0, 0.05) is 12.1 Å². The van der Waals surface area contributed by atoms with E-state index in [1.165, 1.54) is 0 Å². The molecule has 2 fully saturated rings. The van der Waals surface area contributed by atoms with Crippen LogP contribution in [0, 0.1) is 0 Å². The molecule has 0 saturated carbocycles. The molecule has 1 aromatic heterocycles. The average molecular weight is 417 g/mol. The first-order chi connectivity index (χ1) is 12.3. The maximum absolute atomic E-state index is 12.8. The molecule has 2 aliphatic rings. The molecule has 2 aliphatic heterocycles. The Labute approximate surface area is 156 Å². The maximum Gasteiger partial charge on any atom is 0.243 e. The lowest BCUT2D eigenvalue weighted by atomic mass is 10.0. The molecule has 0 spiro atoms. The van der Waals surface area contributed by atoms with Gasteiger partial charge in [0.15, 0.2) is 9.84 Å². The highest BCUT2D eigenvalue weighted by atomic mass is 32.2. The van der Waals surface area contributed by atoms with Gasteiger partial charge in [-0.05, 0) is 44.5 Å². The van der Waals surface area contributed by atoms with Gasteiger partial charge in [-0.25, -0.2) is 21.6 Å². The average Bonchev–Trinajstić information content (AvgIpc) is 3.20. The van der Waals surface area contributed by atoms with E-state index in [2.05, 4.69) is 18.4 Å². The number of sulfone groups is 1. The summed E-state index contributed by atoms with van der Waals surface area (Å²) in [6.07, 6.45) is 2.01. The highest BCUT2D eigenvalue weighted by Gasteiger charge is 2.35. The Morgan fingerprint density at radius 2 is 1.92 bits per heavy atom. The summed E-state index contributed by atoms with van der Waals surface area (Å²) in [5, 5.41) is 0. The Hall–Kier alpha value is -1.14. The molecule has 26 heavy (non-hydrogen) atoms. The number of rotatable bonds is 4. The van der Waals surface area contributed by atoms with Crippen LogP contribution in [-0.4, -0.2) is 67.2 Å². The zero-order valence-corrected chi connectivity index (χ0v) is 16.5. The van der Waals surface area contributed by atoms with Gasteiger partial charge in [0.2, 0.25) is 10.0 Å². The Bertz CT molecular complexity index is 1010. The van der Waals surface area contributed by atoms with E-state index in [1.807, 2.05) is 0 Å². The van der Waals surface area contributed by atoms with E-state index in [-0.39, 0.29) is 28.5 Å². The van der Waals surface area contributed by atoms with Crippen molar-refractivity contribution in [2.75, 3.05) is 24.6 Å². The second-order valence-electron chi connectivity index (χ2n) is 6.88. The third kappa shape index (κ3) is 3.63. The van der Waals surface area contributed by atoms with E-state index in [0.29, 0.717) is 43.4 Å². The van der Waals surface area contributed by atoms with Gasteiger partial charge in [-0.1, -0.05) is 6.07 Å². The first-order valence-corrected chi connectivity index (χ1v) is 12.6. The van der Waals surface area contributed by atoms with E-state index in [0.717, 1.165) is 11.7 Å². The molecule has 1 N–H and O–H groups in total. The fourth-order valence-electron chi connectivity index (χ4n) is 3.73. The summed E-state index contributed by atoms with van der Waals surface area (Å²) in [6.45, 7) is 1.41. The van der Waals surface area contributed by atoms with Crippen LogP contribution in [0.3, 0.4) is 0 Å². The molecule has 1 unspecified atom stereocenters. The summed E-state index contributed by atoms with van der Waals surface area (Å²) < 4.78 is 59.8. The normalized spacial score (nSPS) is 25.0. The highest BCUT2D eigenvalue weighted by molar-refractivity contribution is 7.91. The van der Waals surface area contributed by atoms with Crippen LogP contribution in [0.15, 0.2) is 23.1 Å². The minimum absolute atomic E-state index is 0.0763. The summed E-state index contributed by atoms with van der Waals surface area (Å²) in [6, 6.07) is 4.88. The molecular formula is C15H20N4O4S3. The van der Waals surface area contributed by atoms with Crippen LogP contribution < -0.4 is 4.72 Å². The molecule has 0 aliphatic carbocycles. The van der Waals surface area contributed by atoms with Crippen molar-refractivity contribution < 1.29 is 16.8 Å². The molecule has 0 radical (unpaired) electrons. The quantitative estimate of drug-likeness (QED) is 0.778. The van der Waals surface area contributed by atoms with Crippen molar-refractivity contribution in [1.82, 2.24) is 18.4 Å². The third-order valence-electron chi connectivity index (χ3n) is 5.11. The second-order valence-corrected chi connectivity index (χ2v) is 11.3. The molecule has 11 heteroatoms. The summed E-state index contributed by atoms with van der Waals surface area (Å²) in [5.74, 6) is 0.484. The molecule has 0 amide bonds. The Morgan fingerprint density at radius 1 is 1.15 bits per heavy atom. The second kappa shape index (κ2) is 6.79. The van der Waals surface area contributed by atoms with E-state index in [1.54, 1.807) is 18.2 Å². The zero-order valence-electron chi connectivity index (χ0n) is 14.0. The van der Waals surface area contributed by atoms with Gasteiger partial charge in [-0.15, -0.1) is 0 Å². The number of sulfonamides is 1. The van der Waals surface area contributed by atoms with Crippen molar-refractivity contribution in [2.24, 2.45) is 0 Å². The van der Waals surface area contributed by atoms with E-state index in [9.17, 15) is 16.8 Å². The molecule has 1 aromatic carbocycles. The van der Waals surface area contributed by atoms with Crippen LogP contribution >= 0.6 is 11.7 Å². The monoisotopic (exact) mass is 416 g/mol. The summed E-state index contributed by atoms with van der Waals surface area (Å²) in [5.41, 5.74) is 0.980. The lowest BCUT2D eigenvalue weighted by molar-refractivity contribution is 0.161. The molecule has 142 valence electrons. The minimum atomic E-state index is -3.67. The largest absolute Gasteiger partial charge is 0.299 e. The molecule has 2 aromatic rings. The van der Waals surface area contributed by atoms with Crippen molar-refractivity contribution in [3.8, 4) is 0 Å². The molecular weight excluding hydrogens is 396 g/mol. The molecule has 1 atom stereocenters. The van der Waals surface area contributed by atoms with Crippen LogP contribution in [-0.2, 0) is 19.9 Å². The number of piperidine rings is 1. The van der Waals surface area contributed by atoms with Gasteiger partial charge in [0.25, 0.3) is 0 Å². The van der Waals surface area contributed by atoms with Gasteiger partial charge in [0.05, 0.1) is 23.2 Å². The van der Waals surface area contributed by atoms with Gasteiger partial charge in [-0.2, -0.15) is 8.75 Å². The van der Waals surface area contributed by atoms with Crippen LogP contribution in [0.25, 0.3) is 11.0 Å². The van der Waals surface area contributed by atoms with Gasteiger partial charge in [0.1, 0.15) is 15.9 Å². The fourth-order valence-corrected chi connectivity index (χ4v) is 7.56. The molecule has 8 nitrogen and oxygen atoms in total. The smallest absolute Gasteiger partial charge is 0.243 e. The van der Waals surface area contributed by atoms with Gasteiger partial charge >= 0.3 is 0 Å². The highest BCUT2D eigenvalue weighted by Crippen LogP contribution is 2.24. The molecule has 3 heterocycles. The van der Waals surface area contributed by atoms with Crippen molar-refractivity contribution >= 4 is 42.6 Å². The van der Waals surface area contributed by atoms with Crippen LogP contribution in [0.2, 0.25) is 0 Å². The van der Waals surface area contributed by atoms with Crippen molar-refractivity contribution in [2.45, 2.75) is 36.2 Å². The lowest BCUT2D eigenvalue weighted by Crippen LogP contribution is -2.48. The SMILES string of the molecule is O=S1(=O)CCC(N2CCC(NS(=O)(=O)c3cccc4nsnc34)CC2)C1. The predicted octanol–water partition coefficient (Wildman–Crippen LogP) is 0.621. The summed E-state index contributed by atoms with van der Waals surface area (Å²) >= 11 is 0.995. The number of aromatic nitrogens is 2. The van der Waals surface area contributed by atoms with Crippen molar-refractivity contribution in [3.05, 3.63) is 18.2 Å². The van der Waals surface area contributed by atoms with Crippen LogP contribution in [0.4, 0.5) is 0 Å². The Balaban J connectivity index is 1.42. The minimum Gasteiger partial charge on any atom is -0.299 e. The van der Waals surface area contributed by atoms with E-state index < -0.39 is 19.9 Å². The number of fused-ring (bicyclic) bond motifs is 1. The van der Waals surface area contributed by atoms with Gasteiger partial charge in [-0.3, -0.25) is 4.90 Å². The first-order valence-electron chi connectivity index (χ1n) is 8.52. The van der Waals surface area contributed by atoms with Crippen LogP contribution in [0.5, 0.6) is 0 Å². The maximum atomic E-state index is 12.8. The topological polar surface area (TPSA) is 109 Å². The van der Waals surface area contributed by atoms with Crippen molar-refractivity contribution in [1.29, 1.82) is 0 Å². The summed E-state index contributed by atoms with van der Waals surface area (Å²) in [7, 11) is -6.58. The number of benzene rings is 1. The number of nitrogens with one attached hydrogen (secondary N) is 1. The van der Waals surface area contributed by atoms with E-state index >= 15 is 0 Å². The number of hydrogen-bond acceptors (Lipinski definition) is 8. The standard InChI is InChI=1S/C15H20N4O4S3/c20-25(21)9-6-12(10-25)19-7-4-11(5-8-19)18-26(22,23)14-3-1-2-13-15(14)17-24-16-13/h1-3,11-12,18H,4-10H2. The van der Waals surface area contributed by atoms with E-state index in [4.69, 9.17) is 0 Å². The molecule has 4 rings (SSSR count). The fraction of sp³-hybridized carbons (Fsp3) is 0.600. The predicted molar refractivity (Wildman–Crippen MR) is 99.4 cm³/mol. The van der Waals surface area contributed by atoms with Crippen molar-refractivity contribution in [3.63, 3.8) is 0 Å². The zero-order chi connectivity index (χ0) is 18.4. The number of likely N-dealkylation sites (tertiary alicyclic amines) is 1. The molecule has 0 bridgehead atoms. The van der Waals surface area contributed by atoms with Crippen LogP contribution in [0.1, 0.15) is 19.3 Å². The Morgan fingerprint density at radius 3 is 2.62 bits per heavy atom. The third-order valence-corrected chi connectivity index (χ3v) is 8.96. The number of hydrogen-bond donors (Lipinski definition) is 1. The molecule has 2 saturated heterocycles. The van der Waals surface area contributed by atoms with Gasteiger partial charge < -0.3 is 0 Å².